The zero-order chi connectivity index (χ0) is 39.7. The summed E-state index contributed by atoms with van der Waals surface area (Å²) in [4.78, 5) is 24.5. The molecule has 14 nitrogen and oxygen atoms in total. The Hall–Kier alpha value is -6.11. The van der Waals surface area contributed by atoms with Crippen LogP contribution in [-0.4, -0.2) is 52.4 Å². The van der Waals surface area contributed by atoms with Gasteiger partial charge in [-0.2, -0.15) is 8.78 Å². The summed E-state index contributed by atoms with van der Waals surface area (Å²) in [5, 5.41) is 27.9. The number of esters is 1. The Bertz CT molecular complexity index is 2100. The van der Waals surface area contributed by atoms with Crippen molar-refractivity contribution >= 4 is 51.7 Å². The third kappa shape index (κ3) is 9.08. The average Bonchev–Trinajstić information content (AvgIpc) is 3.17. The normalized spacial score (nSPS) is 11.2. The number of nitro groups is 1. The van der Waals surface area contributed by atoms with Crippen LogP contribution in [0.5, 0.6) is 28.7 Å². The number of carbonyl (C=O) groups is 1. The quantitative estimate of drug-likeness (QED) is 0.0158. The lowest BCUT2D eigenvalue weighted by atomic mass is 10.2. The first kappa shape index (κ1) is 40.7. The molecule has 0 N–H and O–H groups in total. The summed E-state index contributed by atoms with van der Waals surface area (Å²) in [7, 11) is 5.60. The first-order valence-electron chi connectivity index (χ1n) is 15.5. The molecule has 4 aromatic carbocycles. The van der Waals surface area contributed by atoms with Gasteiger partial charge in [0.25, 0.3) is 5.69 Å². The summed E-state index contributed by atoms with van der Waals surface area (Å²) in [5.74, 6) is -13.2. The van der Waals surface area contributed by atoms with Gasteiger partial charge in [-0.05, 0) is 19.4 Å². The van der Waals surface area contributed by atoms with Crippen LogP contribution in [-0.2, 0) is 4.79 Å². The number of non-ortho nitro benzene ring substituents is 1. The van der Waals surface area contributed by atoms with Gasteiger partial charge >= 0.3 is 5.97 Å². The van der Waals surface area contributed by atoms with Crippen molar-refractivity contribution < 1.29 is 55.4 Å². The van der Waals surface area contributed by atoms with Gasteiger partial charge in [0.1, 0.15) is 45.7 Å². The van der Waals surface area contributed by atoms with Crippen molar-refractivity contribution in [2.45, 2.75) is 19.8 Å². The molecule has 4 rings (SSSR count). The first-order valence-corrected chi connectivity index (χ1v) is 15.9. The highest BCUT2D eigenvalue weighted by Crippen LogP contribution is 2.44. The van der Waals surface area contributed by atoms with E-state index in [2.05, 4.69) is 25.2 Å². The highest BCUT2D eigenvalue weighted by atomic mass is 35.5. The summed E-state index contributed by atoms with van der Waals surface area (Å²) in [6, 6.07) is 9.84. The number of nitrogens with zero attached hydrogens (tertiary/aromatic N) is 6. The molecule has 0 spiro atoms. The minimum atomic E-state index is -2.37. The fraction of sp³-hybridized carbons (Fsp3) is 0.265. The molecule has 286 valence electrons. The smallest absolute Gasteiger partial charge is 0.311 e. The summed E-state index contributed by atoms with van der Waals surface area (Å²) in [6.45, 7) is 2.35. The first-order chi connectivity index (χ1) is 25.8. The van der Waals surface area contributed by atoms with E-state index in [-0.39, 0.29) is 63.7 Å². The summed E-state index contributed by atoms with van der Waals surface area (Å²) in [5.41, 5.74) is 1.14. The zero-order valence-electron chi connectivity index (χ0n) is 29.1. The van der Waals surface area contributed by atoms with Crippen LogP contribution >= 0.6 is 11.6 Å². The number of anilines is 1. The molecule has 0 saturated heterocycles. The summed E-state index contributed by atoms with van der Waals surface area (Å²) < 4.78 is 94.8. The van der Waals surface area contributed by atoms with E-state index in [0.717, 1.165) is 6.07 Å². The average molecular weight is 781 g/mol. The van der Waals surface area contributed by atoms with Crippen molar-refractivity contribution in [2.75, 3.05) is 46.4 Å². The van der Waals surface area contributed by atoms with Crippen molar-refractivity contribution in [3.8, 4) is 28.7 Å². The molecule has 0 aliphatic rings. The van der Waals surface area contributed by atoms with Gasteiger partial charge in [-0.3, -0.25) is 14.9 Å². The molecule has 0 aliphatic heterocycles. The third-order valence-electron chi connectivity index (χ3n) is 7.55. The molecular formula is C34H30ClF5N6O8. The van der Waals surface area contributed by atoms with Crippen molar-refractivity contribution in [3.05, 3.63) is 86.7 Å². The molecule has 0 heterocycles. The number of hydrogen-bond donors (Lipinski definition) is 0. The number of carbonyl (C=O) groups excluding carboxylic acids is 1. The molecule has 0 fully saturated rings. The Labute approximate surface area is 308 Å². The van der Waals surface area contributed by atoms with E-state index < -0.39 is 52.1 Å². The van der Waals surface area contributed by atoms with Gasteiger partial charge in [0.2, 0.25) is 34.8 Å². The highest BCUT2D eigenvalue weighted by molar-refractivity contribution is 6.33. The number of nitro benzene ring substituents is 1. The Kier molecular flexibility index (Phi) is 13.6. The molecule has 0 saturated carbocycles. The standard InChI is InChI=1S/C34H30ClF5N6O8/c1-6-45(11-7-8-28(47)54-34-32(39)30(37)29(36)31(38)33(34)40)23-16-26(52-4)22(15-27(23)53-5)44-43-21-14-24(50-2)20(13-25(21)51-3)42-41-19-10-9-17(46(48)49)12-18(19)35/h9-10,12-16H,6-8,11H2,1-5H3. The van der Waals surface area contributed by atoms with Crippen molar-refractivity contribution in [1.82, 2.24) is 0 Å². The number of halogens is 6. The predicted molar refractivity (Wildman–Crippen MR) is 185 cm³/mol. The predicted octanol–water partition coefficient (Wildman–Crippen LogP) is 10.0. The number of hydrogen-bond acceptors (Lipinski definition) is 13. The number of methoxy groups -OCH3 is 4. The maximum Gasteiger partial charge on any atom is 0.311 e. The molecule has 20 heteroatoms. The lowest BCUT2D eigenvalue weighted by Crippen LogP contribution is -2.25. The number of azo groups is 2. The van der Waals surface area contributed by atoms with Crippen LogP contribution < -0.4 is 28.6 Å². The second-order valence-electron chi connectivity index (χ2n) is 10.7. The van der Waals surface area contributed by atoms with Crippen LogP contribution in [0.4, 0.5) is 56.1 Å². The van der Waals surface area contributed by atoms with Gasteiger partial charge in [-0.1, -0.05) is 11.6 Å². The van der Waals surface area contributed by atoms with Crippen molar-refractivity contribution in [2.24, 2.45) is 20.5 Å². The molecule has 0 aromatic heterocycles. The Morgan fingerprint density at radius 3 is 1.65 bits per heavy atom. The van der Waals surface area contributed by atoms with Gasteiger partial charge in [0.05, 0.1) is 44.1 Å². The minimum Gasteiger partial charge on any atom is -0.494 e. The maximum atomic E-state index is 14.0. The second-order valence-corrected chi connectivity index (χ2v) is 11.1. The maximum absolute atomic E-state index is 14.0. The molecule has 0 radical (unpaired) electrons. The molecule has 54 heavy (non-hydrogen) atoms. The van der Waals surface area contributed by atoms with Crippen LogP contribution in [0.25, 0.3) is 0 Å². The van der Waals surface area contributed by atoms with E-state index in [0.29, 0.717) is 18.0 Å². The van der Waals surface area contributed by atoms with Crippen LogP contribution in [0.15, 0.2) is 62.9 Å². The largest absolute Gasteiger partial charge is 0.494 e. The highest BCUT2D eigenvalue weighted by Gasteiger charge is 2.28. The van der Waals surface area contributed by atoms with Gasteiger partial charge in [-0.25, -0.2) is 13.2 Å². The molecule has 0 bridgehead atoms. The number of benzene rings is 4. The lowest BCUT2D eigenvalue weighted by molar-refractivity contribution is -0.384. The number of ether oxygens (including phenoxy) is 5. The topological polar surface area (TPSA) is 159 Å². The van der Waals surface area contributed by atoms with E-state index in [1.54, 1.807) is 17.9 Å². The van der Waals surface area contributed by atoms with E-state index in [1.807, 2.05) is 0 Å². The molecule has 0 aliphatic carbocycles. The SMILES string of the molecule is CCN(CCCC(=O)Oc1c(F)c(F)c(F)c(F)c1F)c1cc(OC)c(N=Nc2cc(OC)c(N=Nc3ccc([N+](=O)[O-])cc3Cl)cc2OC)cc1OC. The fourth-order valence-corrected chi connectivity index (χ4v) is 5.03. The van der Waals surface area contributed by atoms with E-state index in [9.17, 15) is 36.9 Å². The van der Waals surface area contributed by atoms with E-state index >= 15 is 0 Å². The van der Waals surface area contributed by atoms with Crippen molar-refractivity contribution in [3.63, 3.8) is 0 Å². The Morgan fingerprint density at radius 1 is 0.722 bits per heavy atom. The van der Waals surface area contributed by atoms with Crippen LogP contribution in [0.1, 0.15) is 19.8 Å². The van der Waals surface area contributed by atoms with Gasteiger partial charge in [0, 0.05) is 55.9 Å². The Morgan fingerprint density at radius 2 is 1.19 bits per heavy atom. The fourth-order valence-electron chi connectivity index (χ4n) is 4.82. The third-order valence-corrected chi connectivity index (χ3v) is 7.85. The Balaban J connectivity index is 1.53. The zero-order valence-corrected chi connectivity index (χ0v) is 29.8. The molecular weight excluding hydrogens is 751 g/mol. The van der Waals surface area contributed by atoms with E-state index in [1.165, 1.54) is 58.8 Å². The molecule has 0 amide bonds. The molecule has 0 atom stereocenters. The van der Waals surface area contributed by atoms with Crippen LogP contribution in [0.2, 0.25) is 5.02 Å². The number of rotatable bonds is 16. The second kappa shape index (κ2) is 18.1. The monoisotopic (exact) mass is 780 g/mol. The molecule has 0 unspecified atom stereocenters. The van der Waals surface area contributed by atoms with Crippen molar-refractivity contribution in [1.29, 1.82) is 0 Å². The van der Waals surface area contributed by atoms with Gasteiger partial charge in [-0.15, -0.1) is 20.5 Å². The van der Waals surface area contributed by atoms with Gasteiger partial charge < -0.3 is 28.6 Å². The van der Waals surface area contributed by atoms with E-state index in [4.69, 9.17) is 30.5 Å². The van der Waals surface area contributed by atoms with Gasteiger partial charge in [0.15, 0.2) is 0 Å². The molecule has 4 aromatic rings. The summed E-state index contributed by atoms with van der Waals surface area (Å²) >= 11 is 6.13. The van der Waals surface area contributed by atoms with Crippen LogP contribution in [0.3, 0.4) is 0 Å². The summed E-state index contributed by atoms with van der Waals surface area (Å²) in [6.07, 6.45) is -0.384. The minimum absolute atomic E-state index is 0.0122. The lowest BCUT2D eigenvalue weighted by Gasteiger charge is -2.26. The van der Waals surface area contributed by atoms with Crippen LogP contribution in [0, 0.1) is 39.2 Å².